The Hall–Kier alpha value is -2.18. The van der Waals surface area contributed by atoms with E-state index >= 15 is 0 Å². The number of fused-ring (bicyclic) bond motifs is 1. The van der Waals surface area contributed by atoms with Gasteiger partial charge in [-0.2, -0.15) is 5.10 Å². The van der Waals surface area contributed by atoms with Gasteiger partial charge in [-0.1, -0.05) is 24.3 Å². The standard InChI is InChI=1S/C20H26N4O2/c1-16-12-21-24(13-16)9-8-22-10-11-26-19(15-22)20(25)23-7-6-17-4-2-3-5-18(17)14-23/h2-5,12-13,19H,6-11,14-15H2,1H3. The third kappa shape index (κ3) is 3.81. The maximum absolute atomic E-state index is 12.9. The number of morpholine rings is 1. The van der Waals surface area contributed by atoms with Crippen LogP contribution in [0.4, 0.5) is 0 Å². The summed E-state index contributed by atoms with van der Waals surface area (Å²) in [6.45, 7) is 7.39. The van der Waals surface area contributed by atoms with Gasteiger partial charge in [-0.15, -0.1) is 0 Å². The maximum atomic E-state index is 12.9. The van der Waals surface area contributed by atoms with Crippen molar-refractivity contribution < 1.29 is 9.53 Å². The summed E-state index contributed by atoms with van der Waals surface area (Å²) in [5.41, 5.74) is 3.79. The Labute approximate surface area is 154 Å². The molecule has 138 valence electrons. The van der Waals surface area contributed by atoms with Crippen molar-refractivity contribution in [2.45, 2.75) is 32.5 Å². The van der Waals surface area contributed by atoms with Crippen LogP contribution in [0.5, 0.6) is 0 Å². The molecule has 1 saturated heterocycles. The summed E-state index contributed by atoms with van der Waals surface area (Å²) in [5.74, 6) is 0.124. The van der Waals surface area contributed by atoms with Gasteiger partial charge in [0.2, 0.25) is 0 Å². The van der Waals surface area contributed by atoms with Crippen LogP contribution < -0.4 is 0 Å². The van der Waals surface area contributed by atoms with E-state index in [0.717, 1.165) is 32.6 Å². The number of rotatable bonds is 4. The second-order valence-corrected chi connectivity index (χ2v) is 7.22. The molecule has 2 aromatic rings. The summed E-state index contributed by atoms with van der Waals surface area (Å²) in [5, 5.41) is 4.33. The van der Waals surface area contributed by atoms with Crippen LogP contribution >= 0.6 is 0 Å². The molecule has 0 spiro atoms. The predicted molar refractivity (Wildman–Crippen MR) is 98.7 cm³/mol. The fourth-order valence-electron chi connectivity index (χ4n) is 3.78. The Balaban J connectivity index is 1.33. The van der Waals surface area contributed by atoms with Crippen molar-refractivity contribution in [2.24, 2.45) is 0 Å². The van der Waals surface area contributed by atoms with Crippen molar-refractivity contribution in [1.29, 1.82) is 0 Å². The first-order valence-corrected chi connectivity index (χ1v) is 9.37. The number of carbonyl (C=O) groups is 1. The Morgan fingerprint density at radius 1 is 1.23 bits per heavy atom. The molecule has 6 nitrogen and oxygen atoms in total. The molecule has 1 fully saturated rings. The van der Waals surface area contributed by atoms with Gasteiger partial charge in [-0.05, 0) is 30.0 Å². The smallest absolute Gasteiger partial charge is 0.253 e. The minimum Gasteiger partial charge on any atom is -0.366 e. The van der Waals surface area contributed by atoms with E-state index in [9.17, 15) is 4.79 Å². The molecule has 4 rings (SSSR count). The van der Waals surface area contributed by atoms with Gasteiger partial charge in [0.25, 0.3) is 5.91 Å². The normalized spacial score (nSPS) is 20.8. The van der Waals surface area contributed by atoms with Crippen LogP contribution in [0.2, 0.25) is 0 Å². The highest BCUT2D eigenvalue weighted by molar-refractivity contribution is 5.81. The number of aryl methyl sites for hydroxylation is 1. The molecule has 2 aliphatic heterocycles. The molecule has 0 bridgehead atoms. The summed E-state index contributed by atoms with van der Waals surface area (Å²) >= 11 is 0. The average Bonchev–Trinajstić information content (AvgIpc) is 3.11. The second-order valence-electron chi connectivity index (χ2n) is 7.22. The van der Waals surface area contributed by atoms with Crippen LogP contribution in [0.3, 0.4) is 0 Å². The summed E-state index contributed by atoms with van der Waals surface area (Å²) in [6.07, 6.45) is 4.50. The third-order valence-corrected chi connectivity index (χ3v) is 5.28. The number of amides is 1. The number of benzene rings is 1. The molecule has 1 aromatic carbocycles. The van der Waals surface area contributed by atoms with Crippen LogP contribution in [0.15, 0.2) is 36.7 Å². The molecule has 0 radical (unpaired) electrons. The Morgan fingerprint density at radius 2 is 2.08 bits per heavy atom. The SMILES string of the molecule is Cc1cnn(CCN2CCOC(C(=O)N3CCc4ccccc4C3)C2)c1. The van der Waals surface area contributed by atoms with Gasteiger partial charge < -0.3 is 9.64 Å². The lowest BCUT2D eigenvalue weighted by atomic mass is 9.99. The molecule has 1 atom stereocenters. The van der Waals surface area contributed by atoms with E-state index in [-0.39, 0.29) is 12.0 Å². The zero-order valence-corrected chi connectivity index (χ0v) is 15.3. The highest BCUT2D eigenvalue weighted by Crippen LogP contribution is 2.20. The van der Waals surface area contributed by atoms with Crippen LogP contribution in [0, 0.1) is 6.92 Å². The van der Waals surface area contributed by atoms with Gasteiger partial charge in [0.05, 0.1) is 19.3 Å². The zero-order chi connectivity index (χ0) is 17.9. The van der Waals surface area contributed by atoms with Gasteiger partial charge in [-0.3, -0.25) is 14.4 Å². The van der Waals surface area contributed by atoms with Crippen molar-refractivity contribution in [3.63, 3.8) is 0 Å². The van der Waals surface area contributed by atoms with Crippen molar-refractivity contribution in [2.75, 3.05) is 32.8 Å². The molecule has 3 heterocycles. The number of aromatic nitrogens is 2. The molecule has 1 unspecified atom stereocenters. The monoisotopic (exact) mass is 354 g/mol. The maximum Gasteiger partial charge on any atom is 0.253 e. The van der Waals surface area contributed by atoms with Gasteiger partial charge in [0.1, 0.15) is 6.10 Å². The molecule has 0 N–H and O–H groups in total. The lowest BCUT2D eigenvalue weighted by Crippen LogP contribution is -2.52. The Morgan fingerprint density at radius 3 is 2.88 bits per heavy atom. The van der Waals surface area contributed by atoms with Gasteiger partial charge >= 0.3 is 0 Å². The van der Waals surface area contributed by atoms with E-state index in [0.29, 0.717) is 19.7 Å². The van der Waals surface area contributed by atoms with Gasteiger partial charge in [0.15, 0.2) is 0 Å². The topological polar surface area (TPSA) is 50.6 Å². The summed E-state index contributed by atoms with van der Waals surface area (Å²) in [4.78, 5) is 17.2. The average molecular weight is 354 g/mol. The minimum absolute atomic E-state index is 0.124. The molecule has 2 aliphatic rings. The van der Waals surface area contributed by atoms with E-state index in [1.54, 1.807) is 0 Å². The number of ether oxygens (including phenoxy) is 1. The molecule has 1 aromatic heterocycles. The Kier molecular flexibility index (Phi) is 5.04. The Bertz CT molecular complexity index is 773. The van der Waals surface area contributed by atoms with Crippen LogP contribution in [-0.2, 0) is 29.0 Å². The number of hydrogen-bond acceptors (Lipinski definition) is 4. The van der Waals surface area contributed by atoms with E-state index in [4.69, 9.17) is 4.74 Å². The number of hydrogen-bond donors (Lipinski definition) is 0. The van der Waals surface area contributed by atoms with E-state index < -0.39 is 0 Å². The third-order valence-electron chi connectivity index (χ3n) is 5.28. The predicted octanol–water partition coefficient (Wildman–Crippen LogP) is 1.48. The van der Waals surface area contributed by atoms with Crippen LogP contribution in [-0.4, -0.2) is 64.4 Å². The van der Waals surface area contributed by atoms with Gasteiger partial charge in [0, 0.05) is 38.9 Å². The first kappa shape index (κ1) is 17.2. The summed E-state index contributed by atoms with van der Waals surface area (Å²) < 4.78 is 7.77. The first-order chi connectivity index (χ1) is 12.7. The van der Waals surface area contributed by atoms with Crippen molar-refractivity contribution in [1.82, 2.24) is 19.6 Å². The van der Waals surface area contributed by atoms with E-state index in [2.05, 4.69) is 28.2 Å². The first-order valence-electron chi connectivity index (χ1n) is 9.37. The van der Waals surface area contributed by atoms with E-state index in [1.165, 1.54) is 16.7 Å². The minimum atomic E-state index is -0.353. The summed E-state index contributed by atoms with van der Waals surface area (Å²) in [6, 6.07) is 8.39. The van der Waals surface area contributed by atoms with Gasteiger partial charge in [-0.25, -0.2) is 0 Å². The molecular weight excluding hydrogens is 328 g/mol. The molecule has 26 heavy (non-hydrogen) atoms. The molecule has 1 amide bonds. The van der Waals surface area contributed by atoms with Crippen molar-refractivity contribution in [3.8, 4) is 0 Å². The molecule has 6 heteroatoms. The molecule has 0 saturated carbocycles. The van der Waals surface area contributed by atoms with Crippen LogP contribution in [0.1, 0.15) is 16.7 Å². The van der Waals surface area contributed by atoms with Crippen molar-refractivity contribution >= 4 is 5.91 Å². The summed E-state index contributed by atoms with van der Waals surface area (Å²) in [7, 11) is 0. The van der Waals surface area contributed by atoms with Crippen molar-refractivity contribution in [3.05, 3.63) is 53.3 Å². The fourth-order valence-corrected chi connectivity index (χ4v) is 3.78. The second kappa shape index (κ2) is 7.60. The lowest BCUT2D eigenvalue weighted by Gasteiger charge is -2.36. The lowest BCUT2D eigenvalue weighted by molar-refractivity contribution is -0.150. The van der Waals surface area contributed by atoms with E-state index in [1.807, 2.05) is 35.0 Å². The number of nitrogens with zero attached hydrogens (tertiary/aromatic N) is 4. The largest absolute Gasteiger partial charge is 0.366 e. The molecular formula is C20H26N4O2. The zero-order valence-electron chi connectivity index (χ0n) is 15.3. The quantitative estimate of drug-likeness (QED) is 0.835. The highest BCUT2D eigenvalue weighted by Gasteiger charge is 2.31. The highest BCUT2D eigenvalue weighted by atomic mass is 16.5. The number of carbonyl (C=O) groups excluding carboxylic acids is 1. The van der Waals surface area contributed by atoms with Crippen LogP contribution in [0.25, 0.3) is 0 Å². The fraction of sp³-hybridized carbons (Fsp3) is 0.500. The molecule has 0 aliphatic carbocycles.